The van der Waals surface area contributed by atoms with Crippen molar-refractivity contribution in [2.45, 2.75) is 64.8 Å². The number of likely N-dealkylation sites (tertiary alicyclic amines) is 1. The molecule has 32 heavy (non-hydrogen) atoms. The molecule has 2 aromatic rings. The van der Waals surface area contributed by atoms with Crippen molar-refractivity contribution in [2.24, 2.45) is 0 Å². The van der Waals surface area contributed by atoms with E-state index in [2.05, 4.69) is 41.4 Å². The van der Waals surface area contributed by atoms with Crippen molar-refractivity contribution < 1.29 is 9.59 Å². The molecule has 1 saturated heterocycles. The molecule has 2 amide bonds. The summed E-state index contributed by atoms with van der Waals surface area (Å²) in [5.74, 6) is 0.107. The van der Waals surface area contributed by atoms with Crippen LogP contribution >= 0.6 is 0 Å². The van der Waals surface area contributed by atoms with Gasteiger partial charge in [0.2, 0.25) is 5.91 Å². The Labute approximate surface area is 191 Å². The van der Waals surface area contributed by atoms with Gasteiger partial charge in [0, 0.05) is 44.0 Å². The van der Waals surface area contributed by atoms with Crippen molar-refractivity contribution >= 4 is 23.2 Å². The largest absolute Gasteiger partial charge is 0.366 e. The molecule has 0 radical (unpaired) electrons. The topological polar surface area (TPSA) is 52.7 Å². The first-order valence-electron chi connectivity index (χ1n) is 12.2. The van der Waals surface area contributed by atoms with E-state index in [0.717, 1.165) is 76.8 Å². The Balaban J connectivity index is 1.54. The predicted molar refractivity (Wildman–Crippen MR) is 130 cm³/mol. The summed E-state index contributed by atoms with van der Waals surface area (Å²) in [5, 5.41) is 3.02. The fraction of sp³-hybridized carbons (Fsp3) is 0.481. The van der Waals surface area contributed by atoms with Gasteiger partial charge in [0.25, 0.3) is 5.91 Å². The van der Waals surface area contributed by atoms with Crippen LogP contribution in [0.4, 0.5) is 11.4 Å². The van der Waals surface area contributed by atoms with E-state index >= 15 is 0 Å². The Morgan fingerprint density at radius 3 is 2.50 bits per heavy atom. The number of hydrogen-bond acceptors (Lipinski definition) is 3. The average molecular weight is 434 g/mol. The van der Waals surface area contributed by atoms with Gasteiger partial charge in [-0.1, -0.05) is 50.5 Å². The molecule has 170 valence electrons. The van der Waals surface area contributed by atoms with Crippen molar-refractivity contribution in [2.75, 3.05) is 29.9 Å². The maximum absolute atomic E-state index is 13.4. The first kappa shape index (κ1) is 22.4. The summed E-state index contributed by atoms with van der Waals surface area (Å²) < 4.78 is 0. The van der Waals surface area contributed by atoms with Crippen molar-refractivity contribution in [3.05, 3.63) is 59.2 Å². The van der Waals surface area contributed by atoms with Crippen LogP contribution in [0.5, 0.6) is 0 Å². The second kappa shape index (κ2) is 10.7. The number of anilines is 2. The molecule has 0 aliphatic carbocycles. The van der Waals surface area contributed by atoms with Gasteiger partial charge in [-0.25, -0.2) is 0 Å². The van der Waals surface area contributed by atoms with Crippen LogP contribution in [0.3, 0.4) is 0 Å². The van der Waals surface area contributed by atoms with E-state index in [1.807, 2.05) is 23.1 Å². The van der Waals surface area contributed by atoms with Crippen molar-refractivity contribution in [3.8, 4) is 0 Å². The Morgan fingerprint density at radius 1 is 0.938 bits per heavy atom. The molecule has 2 aromatic carbocycles. The predicted octanol–water partition coefficient (Wildman–Crippen LogP) is 5.39. The highest BCUT2D eigenvalue weighted by atomic mass is 16.2. The van der Waals surface area contributed by atoms with Crippen LogP contribution in [-0.2, 0) is 17.8 Å². The number of carbonyl (C=O) groups is 2. The molecule has 0 bridgehead atoms. The number of nitrogens with zero attached hydrogens (tertiary/aromatic N) is 2. The van der Waals surface area contributed by atoms with Crippen molar-refractivity contribution in [3.63, 3.8) is 0 Å². The number of rotatable bonds is 8. The van der Waals surface area contributed by atoms with Gasteiger partial charge in [-0.2, -0.15) is 0 Å². The van der Waals surface area contributed by atoms with E-state index in [-0.39, 0.29) is 11.8 Å². The quantitative estimate of drug-likeness (QED) is 0.568. The zero-order valence-electron chi connectivity index (χ0n) is 19.2. The zero-order valence-corrected chi connectivity index (χ0v) is 19.2. The Bertz CT molecular complexity index is 950. The Morgan fingerprint density at radius 2 is 1.72 bits per heavy atom. The fourth-order valence-corrected chi connectivity index (χ4v) is 4.79. The summed E-state index contributed by atoms with van der Waals surface area (Å²) in [6.45, 7) is 5.49. The summed E-state index contributed by atoms with van der Waals surface area (Å²) in [7, 11) is 0. The van der Waals surface area contributed by atoms with E-state index in [0.29, 0.717) is 17.7 Å². The van der Waals surface area contributed by atoms with Crippen LogP contribution in [0.25, 0.3) is 0 Å². The maximum atomic E-state index is 13.4. The third-order valence-electron chi connectivity index (χ3n) is 6.63. The van der Waals surface area contributed by atoms with Gasteiger partial charge in [0.15, 0.2) is 0 Å². The first-order valence-corrected chi connectivity index (χ1v) is 12.2. The third kappa shape index (κ3) is 5.32. The lowest BCUT2D eigenvalue weighted by molar-refractivity contribution is -0.116. The average Bonchev–Trinajstić information content (AvgIpc) is 3.36. The van der Waals surface area contributed by atoms with Gasteiger partial charge in [-0.3, -0.25) is 9.59 Å². The number of nitrogens with one attached hydrogen (secondary N) is 1. The summed E-state index contributed by atoms with van der Waals surface area (Å²) in [5.41, 5.74) is 5.10. The molecule has 0 atom stereocenters. The van der Waals surface area contributed by atoms with E-state index in [4.69, 9.17) is 0 Å². The van der Waals surface area contributed by atoms with E-state index in [9.17, 15) is 9.59 Å². The molecule has 2 aliphatic rings. The van der Waals surface area contributed by atoms with Crippen molar-refractivity contribution in [1.82, 2.24) is 4.90 Å². The summed E-state index contributed by atoms with van der Waals surface area (Å²) in [4.78, 5) is 30.1. The Kier molecular flexibility index (Phi) is 7.46. The zero-order chi connectivity index (χ0) is 22.3. The van der Waals surface area contributed by atoms with Crippen LogP contribution in [0.1, 0.15) is 73.4 Å². The van der Waals surface area contributed by atoms with E-state index in [1.165, 1.54) is 11.1 Å². The van der Waals surface area contributed by atoms with Crippen LogP contribution < -0.4 is 10.2 Å². The molecule has 2 heterocycles. The number of carbonyl (C=O) groups excluding carboxylic acids is 2. The molecule has 1 fully saturated rings. The molecule has 0 spiro atoms. The summed E-state index contributed by atoms with van der Waals surface area (Å²) in [6.07, 6.45) is 7.94. The van der Waals surface area contributed by atoms with Crippen molar-refractivity contribution in [1.29, 1.82) is 0 Å². The number of fused-ring (bicyclic) bond motifs is 1. The first-order chi connectivity index (χ1) is 15.7. The normalized spacial score (nSPS) is 15.5. The van der Waals surface area contributed by atoms with Gasteiger partial charge in [0.05, 0.1) is 5.56 Å². The lowest BCUT2D eigenvalue weighted by Crippen LogP contribution is -2.34. The maximum Gasteiger partial charge on any atom is 0.256 e. The molecule has 5 nitrogen and oxygen atoms in total. The minimum atomic E-state index is 0.0281. The van der Waals surface area contributed by atoms with Gasteiger partial charge in [-0.05, 0) is 55.0 Å². The minimum absolute atomic E-state index is 0.0281. The molecule has 0 aromatic heterocycles. The van der Waals surface area contributed by atoms with Crippen LogP contribution in [0.2, 0.25) is 0 Å². The number of unbranched alkanes of at least 4 members (excludes halogenated alkanes) is 3. The SMILES string of the molecule is CCCCCCC(=O)Nc1ccc(N2CCc3ccccc3C2)c(C(=O)N2CCCC2)c1. The van der Waals surface area contributed by atoms with E-state index in [1.54, 1.807) is 0 Å². The molecular formula is C27H35N3O2. The highest BCUT2D eigenvalue weighted by Gasteiger charge is 2.26. The van der Waals surface area contributed by atoms with E-state index < -0.39 is 0 Å². The lowest BCUT2D eigenvalue weighted by Gasteiger charge is -2.33. The second-order valence-corrected chi connectivity index (χ2v) is 9.03. The summed E-state index contributed by atoms with van der Waals surface area (Å²) >= 11 is 0. The number of benzene rings is 2. The van der Waals surface area contributed by atoms with Gasteiger partial charge in [-0.15, -0.1) is 0 Å². The molecular weight excluding hydrogens is 398 g/mol. The number of amides is 2. The number of hydrogen-bond donors (Lipinski definition) is 1. The Hall–Kier alpha value is -2.82. The van der Waals surface area contributed by atoms with Crippen LogP contribution in [0, 0.1) is 0 Å². The molecule has 5 heteroatoms. The van der Waals surface area contributed by atoms with Crippen LogP contribution in [0.15, 0.2) is 42.5 Å². The molecule has 1 N–H and O–H groups in total. The third-order valence-corrected chi connectivity index (χ3v) is 6.63. The highest BCUT2D eigenvalue weighted by molar-refractivity contribution is 6.02. The highest BCUT2D eigenvalue weighted by Crippen LogP contribution is 2.31. The monoisotopic (exact) mass is 433 g/mol. The van der Waals surface area contributed by atoms with Gasteiger partial charge < -0.3 is 15.1 Å². The smallest absolute Gasteiger partial charge is 0.256 e. The molecule has 2 aliphatic heterocycles. The minimum Gasteiger partial charge on any atom is -0.366 e. The molecule has 0 unspecified atom stereocenters. The standard InChI is InChI=1S/C27H35N3O2/c1-2-3-4-5-12-26(31)28-23-13-14-25(24(19-23)27(32)29-16-8-9-17-29)30-18-15-21-10-6-7-11-22(21)20-30/h6-7,10-11,13-14,19H,2-5,8-9,12,15-18,20H2,1H3,(H,28,31). The second-order valence-electron chi connectivity index (χ2n) is 9.03. The molecule has 4 rings (SSSR count). The lowest BCUT2D eigenvalue weighted by atomic mass is 9.98. The van der Waals surface area contributed by atoms with Gasteiger partial charge >= 0.3 is 0 Å². The fourth-order valence-electron chi connectivity index (χ4n) is 4.79. The van der Waals surface area contributed by atoms with Gasteiger partial charge in [0.1, 0.15) is 0 Å². The van der Waals surface area contributed by atoms with Crippen LogP contribution in [-0.4, -0.2) is 36.3 Å². The molecule has 0 saturated carbocycles. The summed E-state index contributed by atoms with van der Waals surface area (Å²) in [6, 6.07) is 14.4.